The van der Waals surface area contributed by atoms with E-state index in [2.05, 4.69) is 346 Å². The molecule has 0 atom stereocenters. The highest BCUT2D eigenvalue weighted by molar-refractivity contribution is 7.98. The summed E-state index contributed by atoms with van der Waals surface area (Å²) >= 11 is 1.86. The number of nitrogens with zero attached hydrogens (tertiary/aromatic N) is 1. The van der Waals surface area contributed by atoms with Crippen molar-refractivity contribution in [3.8, 4) is 66.8 Å². The Morgan fingerprint density at radius 3 is 0.619 bits per heavy atom. The van der Waals surface area contributed by atoms with Crippen molar-refractivity contribution in [1.29, 1.82) is 0 Å². The van der Waals surface area contributed by atoms with E-state index in [0.717, 1.165) is 17.1 Å². The minimum Gasteiger partial charge on any atom is -0.311 e. The third-order valence-electron chi connectivity index (χ3n) is 12.8. The first kappa shape index (κ1) is 68.1. The van der Waals surface area contributed by atoms with E-state index in [1.165, 1.54) is 102 Å². The zero-order chi connectivity index (χ0) is 60.7. The zero-order valence-electron chi connectivity index (χ0n) is 52.7. The summed E-state index contributed by atoms with van der Waals surface area (Å²) in [5.74, 6) is 1.24. The quantitative estimate of drug-likeness (QED) is 0.134. The van der Waals surface area contributed by atoms with Gasteiger partial charge in [-0.3, -0.25) is 0 Å². The third kappa shape index (κ3) is 22.7. The van der Waals surface area contributed by atoms with Crippen molar-refractivity contribution in [2.24, 2.45) is 0 Å². The molecule has 2 heteroatoms. The molecule has 0 spiro atoms. The van der Waals surface area contributed by atoms with Crippen LogP contribution in [0, 0.1) is 20.8 Å². The molecule has 11 aromatic rings. The fraction of sp³-hybridized carbons (Fsp3) is 0.195. The van der Waals surface area contributed by atoms with Crippen LogP contribution in [0.3, 0.4) is 0 Å². The maximum absolute atomic E-state index is 2.32. The van der Waals surface area contributed by atoms with Crippen LogP contribution in [-0.4, -0.2) is 12.0 Å². The highest BCUT2D eigenvalue weighted by atomic mass is 32.2. The molecule has 0 aliphatic carbocycles. The molecule has 0 saturated carbocycles. The summed E-state index contributed by atoms with van der Waals surface area (Å²) in [6.45, 7) is 25.0. The van der Waals surface area contributed by atoms with Crippen LogP contribution in [0.2, 0.25) is 0 Å². The van der Waals surface area contributed by atoms with Gasteiger partial charge in [-0.05, 0) is 142 Å². The average Bonchev–Trinajstić information content (AvgIpc) is 3.61. The van der Waals surface area contributed by atoms with Crippen LogP contribution in [0.15, 0.2) is 291 Å². The summed E-state index contributed by atoms with van der Waals surface area (Å²) in [5, 5.41) is 0. The SMILES string of the molecule is CC.CC.CCC.CCC.CCSC.Cc1ccc(-c2ccc(N(c3ccc(-c4ccccc4)cc3)c3ccc(-c4ccccc4)cc3)cc2)cc1.Cc1ccc(-c2cccc(-c3ccccc3)c2)cc1.Cc1ccc(-c2ccccc2)cc1. The summed E-state index contributed by atoms with van der Waals surface area (Å²) < 4.78 is 0. The topological polar surface area (TPSA) is 3.24 Å². The summed E-state index contributed by atoms with van der Waals surface area (Å²) in [7, 11) is 0. The zero-order valence-corrected chi connectivity index (χ0v) is 53.5. The average molecular weight is 1120 g/mol. The molecular formula is C82H93NS. The number of hydrogen-bond acceptors (Lipinski definition) is 2. The Kier molecular flexibility index (Phi) is 32.3. The van der Waals surface area contributed by atoms with Crippen molar-refractivity contribution >= 4 is 28.8 Å². The van der Waals surface area contributed by atoms with E-state index >= 15 is 0 Å². The molecule has 0 heterocycles. The summed E-state index contributed by atoms with van der Waals surface area (Å²) in [4.78, 5) is 2.32. The number of anilines is 3. The van der Waals surface area contributed by atoms with Crippen LogP contribution in [0.1, 0.15) is 91.8 Å². The van der Waals surface area contributed by atoms with Crippen molar-refractivity contribution < 1.29 is 0 Å². The molecule has 0 saturated heterocycles. The Hall–Kier alpha value is -8.43. The molecule has 0 aliphatic heterocycles. The highest BCUT2D eigenvalue weighted by Crippen LogP contribution is 2.38. The van der Waals surface area contributed by atoms with Gasteiger partial charge in [0.2, 0.25) is 0 Å². The number of thioether (sulfide) groups is 1. The van der Waals surface area contributed by atoms with E-state index in [4.69, 9.17) is 0 Å². The molecule has 432 valence electrons. The van der Waals surface area contributed by atoms with Crippen LogP contribution in [0.25, 0.3) is 66.8 Å². The predicted molar refractivity (Wildman–Crippen MR) is 380 cm³/mol. The number of rotatable bonds is 10. The molecule has 0 bridgehead atoms. The van der Waals surface area contributed by atoms with E-state index in [1.54, 1.807) is 0 Å². The van der Waals surface area contributed by atoms with Gasteiger partial charge in [0.25, 0.3) is 0 Å². The Bertz CT molecular complexity index is 3290. The monoisotopic (exact) mass is 1120 g/mol. The Morgan fingerprint density at radius 1 is 0.238 bits per heavy atom. The molecule has 0 amide bonds. The van der Waals surface area contributed by atoms with Crippen molar-refractivity contribution in [3.63, 3.8) is 0 Å². The van der Waals surface area contributed by atoms with Crippen molar-refractivity contribution in [2.75, 3.05) is 16.9 Å². The van der Waals surface area contributed by atoms with Crippen LogP contribution in [0.5, 0.6) is 0 Å². The van der Waals surface area contributed by atoms with Crippen molar-refractivity contribution in [2.45, 2.75) is 95.9 Å². The normalized spacial score (nSPS) is 9.68. The highest BCUT2D eigenvalue weighted by Gasteiger charge is 2.14. The number of benzene rings is 11. The first-order valence-corrected chi connectivity index (χ1v) is 31.7. The van der Waals surface area contributed by atoms with Gasteiger partial charge in [-0.15, -0.1) is 0 Å². The molecule has 0 aromatic heterocycles. The molecule has 0 fully saturated rings. The van der Waals surface area contributed by atoms with Crippen LogP contribution in [-0.2, 0) is 0 Å². The first-order chi connectivity index (χ1) is 41.2. The lowest BCUT2D eigenvalue weighted by Gasteiger charge is -2.26. The standard InChI is InChI=1S/C37H29N.C19H16.C13H12.C3H8S.2C3H8.2C2H6/c1-28-12-14-31(15-13-28)34-20-26-37(27-21-34)38(35-22-16-32(17-23-35)29-8-4-2-5-9-29)36-24-18-33(19-25-36)30-10-6-3-7-11-30;1-15-10-12-17(13-11-15)19-9-5-8-18(14-19)16-6-3-2-4-7-16;1-11-7-9-13(10-8-11)12-5-3-2-4-6-12;1-3-4-2;2*1-3-2;2*1-2/h2-27H,1H3;2-14H,1H3;2-10H,1H3;3H2,1-2H3;2*3H2,1-2H3;2*1-2H3. The lowest BCUT2D eigenvalue weighted by atomic mass is 9.99. The van der Waals surface area contributed by atoms with Gasteiger partial charge < -0.3 is 4.90 Å². The minimum atomic E-state index is 1.13. The maximum Gasteiger partial charge on any atom is 0.0462 e. The van der Waals surface area contributed by atoms with E-state index in [-0.39, 0.29) is 0 Å². The largest absolute Gasteiger partial charge is 0.311 e. The van der Waals surface area contributed by atoms with Gasteiger partial charge in [0.1, 0.15) is 0 Å². The molecule has 11 rings (SSSR count). The summed E-state index contributed by atoms with van der Waals surface area (Å²) in [5.41, 5.74) is 22.2. The molecule has 1 nitrogen and oxygen atoms in total. The number of hydrogen-bond donors (Lipinski definition) is 0. The van der Waals surface area contributed by atoms with E-state index in [0.29, 0.717) is 0 Å². The first-order valence-electron chi connectivity index (χ1n) is 30.3. The van der Waals surface area contributed by atoms with Crippen LogP contribution in [0.4, 0.5) is 17.1 Å². The van der Waals surface area contributed by atoms with Crippen molar-refractivity contribution in [1.82, 2.24) is 0 Å². The fourth-order valence-corrected chi connectivity index (χ4v) is 8.49. The van der Waals surface area contributed by atoms with Gasteiger partial charge >= 0.3 is 0 Å². The summed E-state index contributed by atoms with van der Waals surface area (Å²) in [6, 6.07) is 103. The summed E-state index contributed by atoms with van der Waals surface area (Å²) in [6.07, 6.45) is 4.60. The van der Waals surface area contributed by atoms with E-state index < -0.39 is 0 Å². The minimum absolute atomic E-state index is 1.13. The second-order valence-electron chi connectivity index (χ2n) is 19.6. The molecule has 0 unspecified atom stereocenters. The maximum atomic E-state index is 2.32. The van der Waals surface area contributed by atoms with Crippen LogP contribution >= 0.6 is 11.8 Å². The van der Waals surface area contributed by atoms with Gasteiger partial charge in [-0.25, -0.2) is 0 Å². The molecule has 11 aromatic carbocycles. The fourth-order valence-electron chi connectivity index (χ4n) is 8.49. The second kappa shape index (κ2) is 39.9. The smallest absolute Gasteiger partial charge is 0.0462 e. The van der Waals surface area contributed by atoms with E-state index in [9.17, 15) is 0 Å². The van der Waals surface area contributed by atoms with Gasteiger partial charge in [0.15, 0.2) is 0 Å². The molecule has 84 heavy (non-hydrogen) atoms. The molecular weight excluding hydrogens is 1030 g/mol. The van der Waals surface area contributed by atoms with Crippen molar-refractivity contribution in [3.05, 3.63) is 308 Å². The van der Waals surface area contributed by atoms with Gasteiger partial charge in [-0.1, -0.05) is 341 Å². The lowest BCUT2D eigenvalue weighted by Crippen LogP contribution is -2.09. The Balaban J connectivity index is 0.000000273. The third-order valence-corrected chi connectivity index (χ3v) is 13.4. The lowest BCUT2D eigenvalue weighted by molar-refractivity contribution is 1.09. The Labute approximate surface area is 513 Å². The Morgan fingerprint density at radius 2 is 0.405 bits per heavy atom. The molecule has 0 N–H and O–H groups in total. The van der Waals surface area contributed by atoms with Gasteiger partial charge in [-0.2, -0.15) is 11.8 Å². The van der Waals surface area contributed by atoms with Gasteiger partial charge in [0, 0.05) is 17.1 Å². The van der Waals surface area contributed by atoms with Gasteiger partial charge in [0.05, 0.1) is 0 Å². The van der Waals surface area contributed by atoms with Crippen LogP contribution < -0.4 is 4.90 Å². The number of aryl methyl sites for hydroxylation is 3. The van der Waals surface area contributed by atoms with E-state index in [1.807, 2.05) is 51.6 Å². The second-order valence-corrected chi connectivity index (χ2v) is 20.8. The predicted octanol–water partition coefficient (Wildman–Crippen LogP) is 25.7. The molecule has 0 aliphatic rings. The molecule has 0 radical (unpaired) electrons.